The van der Waals surface area contributed by atoms with Gasteiger partial charge in [0.15, 0.2) is 17.5 Å². The van der Waals surface area contributed by atoms with E-state index in [1.54, 1.807) is 11.3 Å². The minimum absolute atomic E-state index is 0.00997. The highest BCUT2D eigenvalue weighted by Crippen LogP contribution is 2.42. The van der Waals surface area contributed by atoms with E-state index in [1.807, 2.05) is 48.5 Å². The second-order valence-electron chi connectivity index (χ2n) is 12.4. The van der Waals surface area contributed by atoms with Crippen LogP contribution in [0.3, 0.4) is 0 Å². The van der Waals surface area contributed by atoms with E-state index in [9.17, 15) is 0 Å². The number of aromatic nitrogens is 4. The topological polar surface area (TPSA) is 56.7 Å². The van der Waals surface area contributed by atoms with Gasteiger partial charge in [0.05, 0.1) is 23.6 Å². The molecule has 0 aliphatic carbocycles. The first kappa shape index (κ1) is 23.7. The van der Waals surface area contributed by atoms with Crippen LogP contribution in [0.1, 0.15) is 6.85 Å². The van der Waals surface area contributed by atoms with E-state index >= 15 is 0 Å². The molecule has 7 aromatic carbocycles. The molecule has 0 radical (unpaired) electrons. The van der Waals surface area contributed by atoms with Crippen LogP contribution in [-0.2, 0) is 0 Å². The standard InChI is InChI=1S/C45H26N4OS/c1-2-11-27(12-3-1)43-46-44(28-22-24-39-34(25-28)32-15-6-9-19-38(32)50-39)48-45(47-43)29-21-23-33-41(26-29)51-40-20-10-18-37(42(33)40)49-35-16-7-4-13-30(35)31-14-5-8-17-36(31)49/h1-26H/i1D,2D,3D,11D,12D. The molecule has 0 saturated carbocycles. The number of para-hydroxylation sites is 3. The van der Waals surface area contributed by atoms with Crippen LogP contribution in [0, 0.1) is 0 Å². The third-order valence-corrected chi connectivity index (χ3v) is 10.7. The highest BCUT2D eigenvalue weighted by Gasteiger charge is 2.19. The molecule has 0 amide bonds. The van der Waals surface area contributed by atoms with Crippen molar-refractivity contribution in [3.63, 3.8) is 0 Å². The van der Waals surface area contributed by atoms with E-state index in [1.165, 1.54) is 10.8 Å². The van der Waals surface area contributed by atoms with Gasteiger partial charge in [0.25, 0.3) is 0 Å². The molecule has 0 unspecified atom stereocenters. The number of hydrogen-bond acceptors (Lipinski definition) is 5. The quantitative estimate of drug-likeness (QED) is 0.186. The molecule has 0 spiro atoms. The Kier molecular flexibility index (Phi) is 5.08. The van der Waals surface area contributed by atoms with Gasteiger partial charge in [-0.05, 0) is 54.6 Å². The minimum atomic E-state index is -0.481. The molecule has 6 heteroatoms. The maximum atomic E-state index is 8.76. The number of thiophene rings is 1. The van der Waals surface area contributed by atoms with Gasteiger partial charge in [0, 0.05) is 58.4 Å². The van der Waals surface area contributed by atoms with Crippen LogP contribution in [0.25, 0.3) is 104 Å². The Morgan fingerprint density at radius 3 is 1.88 bits per heavy atom. The van der Waals surface area contributed by atoms with Crippen molar-refractivity contribution < 1.29 is 11.3 Å². The number of benzene rings is 7. The molecule has 238 valence electrons. The average molecular weight is 676 g/mol. The lowest BCUT2D eigenvalue weighted by molar-refractivity contribution is 0.669. The molecule has 51 heavy (non-hydrogen) atoms. The summed E-state index contributed by atoms with van der Waals surface area (Å²) < 4.78 is 53.1. The molecule has 11 aromatic rings. The molecular formula is C45H26N4OS. The van der Waals surface area contributed by atoms with E-state index in [2.05, 4.69) is 83.4 Å². The minimum Gasteiger partial charge on any atom is -0.456 e. The van der Waals surface area contributed by atoms with E-state index in [0.717, 1.165) is 53.2 Å². The fourth-order valence-corrected chi connectivity index (χ4v) is 8.45. The summed E-state index contributed by atoms with van der Waals surface area (Å²) in [6.45, 7) is 0. The Hall–Kier alpha value is -6.63. The van der Waals surface area contributed by atoms with Crippen molar-refractivity contribution in [2.75, 3.05) is 0 Å². The summed E-state index contributed by atoms with van der Waals surface area (Å²) in [6, 6.07) is 40.9. The Balaban J connectivity index is 1.13. The molecule has 0 fully saturated rings. The highest BCUT2D eigenvalue weighted by atomic mass is 32.1. The lowest BCUT2D eigenvalue weighted by atomic mass is 10.1. The van der Waals surface area contributed by atoms with Gasteiger partial charge >= 0.3 is 0 Å². The maximum Gasteiger partial charge on any atom is 0.164 e. The van der Waals surface area contributed by atoms with Gasteiger partial charge in [-0.15, -0.1) is 11.3 Å². The van der Waals surface area contributed by atoms with Crippen LogP contribution < -0.4 is 0 Å². The van der Waals surface area contributed by atoms with Crippen LogP contribution in [0.2, 0.25) is 0 Å². The van der Waals surface area contributed by atoms with Gasteiger partial charge in [-0.2, -0.15) is 0 Å². The molecule has 11 rings (SSSR count). The lowest BCUT2D eigenvalue weighted by Crippen LogP contribution is -2.00. The Bertz CT molecular complexity index is 3380. The molecule has 0 N–H and O–H groups in total. The SMILES string of the molecule is [2H]c1c([2H])c([2H])c(-c2nc(-c3ccc4c(c3)sc3cccc(-n5c6ccccc6c6ccccc65)c34)nc(-c3ccc4oc5ccccc5c4c3)n2)c([2H])c1[2H]. The fraction of sp³-hybridized carbons (Fsp3) is 0. The zero-order valence-corrected chi connectivity index (χ0v) is 27.5. The number of hydrogen-bond donors (Lipinski definition) is 0. The molecule has 0 saturated heterocycles. The van der Waals surface area contributed by atoms with Crippen molar-refractivity contribution in [1.82, 2.24) is 19.5 Å². The molecule has 0 bridgehead atoms. The van der Waals surface area contributed by atoms with Gasteiger partial charge in [0.1, 0.15) is 11.2 Å². The largest absolute Gasteiger partial charge is 0.456 e. The van der Waals surface area contributed by atoms with Crippen molar-refractivity contribution in [3.05, 3.63) is 158 Å². The molecule has 4 heterocycles. The van der Waals surface area contributed by atoms with Crippen molar-refractivity contribution in [1.29, 1.82) is 0 Å². The Labute approximate surface area is 302 Å². The molecule has 0 aliphatic heterocycles. The Morgan fingerprint density at radius 2 is 1.12 bits per heavy atom. The monoisotopic (exact) mass is 675 g/mol. The third-order valence-electron chi connectivity index (χ3n) is 9.55. The van der Waals surface area contributed by atoms with Crippen molar-refractivity contribution in [3.8, 4) is 39.9 Å². The molecule has 0 atom stereocenters. The second-order valence-corrected chi connectivity index (χ2v) is 13.5. The summed E-state index contributed by atoms with van der Waals surface area (Å²) in [7, 11) is 0. The van der Waals surface area contributed by atoms with E-state index in [0.29, 0.717) is 28.4 Å². The van der Waals surface area contributed by atoms with Crippen LogP contribution in [0.5, 0.6) is 0 Å². The first-order valence-corrected chi connectivity index (χ1v) is 17.3. The number of furan rings is 1. The van der Waals surface area contributed by atoms with E-state index in [4.69, 9.17) is 26.2 Å². The maximum absolute atomic E-state index is 8.76. The van der Waals surface area contributed by atoms with Crippen LogP contribution in [0.15, 0.2) is 162 Å². The molecule has 4 aromatic heterocycles. The van der Waals surface area contributed by atoms with Crippen LogP contribution in [-0.4, -0.2) is 19.5 Å². The van der Waals surface area contributed by atoms with Gasteiger partial charge in [-0.25, -0.2) is 15.0 Å². The summed E-state index contributed by atoms with van der Waals surface area (Å²) in [5.74, 6) is 0.606. The highest BCUT2D eigenvalue weighted by molar-refractivity contribution is 7.26. The summed E-state index contributed by atoms with van der Waals surface area (Å²) >= 11 is 1.68. The van der Waals surface area contributed by atoms with E-state index in [-0.39, 0.29) is 23.5 Å². The molecule has 0 aliphatic rings. The summed E-state index contributed by atoms with van der Waals surface area (Å²) in [5, 5.41) is 6.45. The zero-order chi connectivity index (χ0) is 37.8. The number of rotatable bonds is 4. The third kappa shape index (κ3) is 4.37. The first-order valence-electron chi connectivity index (χ1n) is 19.0. The van der Waals surface area contributed by atoms with Crippen LogP contribution in [0.4, 0.5) is 0 Å². The zero-order valence-electron chi connectivity index (χ0n) is 31.7. The smallest absolute Gasteiger partial charge is 0.164 e. The van der Waals surface area contributed by atoms with E-state index < -0.39 is 18.1 Å². The predicted octanol–water partition coefficient (Wildman–Crippen LogP) is 12.2. The number of fused-ring (bicyclic) bond motifs is 9. The van der Waals surface area contributed by atoms with Gasteiger partial charge in [-0.1, -0.05) is 103 Å². The lowest BCUT2D eigenvalue weighted by Gasteiger charge is -2.10. The van der Waals surface area contributed by atoms with Crippen molar-refractivity contribution in [2.45, 2.75) is 0 Å². The van der Waals surface area contributed by atoms with Gasteiger partial charge < -0.3 is 8.98 Å². The normalized spacial score (nSPS) is 13.3. The number of nitrogens with zero attached hydrogens (tertiary/aromatic N) is 4. The molecular weight excluding hydrogens is 645 g/mol. The average Bonchev–Trinajstić information content (AvgIpc) is 3.91. The fourth-order valence-electron chi connectivity index (χ4n) is 7.29. The van der Waals surface area contributed by atoms with Crippen molar-refractivity contribution in [2.24, 2.45) is 0 Å². The summed E-state index contributed by atoms with van der Waals surface area (Å²) in [5.41, 5.74) is 6.11. The van der Waals surface area contributed by atoms with Crippen LogP contribution >= 0.6 is 11.3 Å². The molecule has 5 nitrogen and oxygen atoms in total. The second kappa shape index (κ2) is 10.9. The summed E-state index contributed by atoms with van der Waals surface area (Å²) in [6.07, 6.45) is 0. The van der Waals surface area contributed by atoms with Gasteiger partial charge in [0.2, 0.25) is 0 Å². The summed E-state index contributed by atoms with van der Waals surface area (Å²) in [4.78, 5) is 14.6. The Morgan fingerprint density at radius 1 is 0.490 bits per heavy atom. The predicted molar refractivity (Wildman–Crippen MR) is 211 cm³/mol. The van der Waals surface area contributed by atoms with Crippen molar-refractivity contribution >= 4 is 75.3 Å². The first-order chi connectivity index (χ1) is 27.3. The van der Waals surface area contributed by atoms with Gasteiger partial charge in [-0.3, -0.25) is 0 Å².